The van der Waals surface area contributed by atoms with Crippen molar-refractivity contribution in [3.63, 3.8) is 0 Å². The summed E-state index contributed by atoms with van der Waals surface area (Å²) in [6.45, 7) is 2.57. The second-order valence-electron chi connectivity index (χ2n) is 7.42. The summed E-state index contributed by atoms with van der Waals surface area (Å²) >= 11 is 1.66. The fourth-order valence-corrected chi connectivity index (χ4v) is 6.05. The van der Waals surface area contributed by atoms with Crippen LogP contribution in [0.5, 0.6) is 0 Å². The lowest BCUT2D eigenvalue weighted by atomic mass is 9.99. The fourth-order valence-electron chi connectivity index (χ4n) is 3.80. The lowest BCUT2D eigenvalue weighted by molar-refractivity contribution is -0.131. The highest BCUT2D eigenvalue weighted by atomic mass is 32.2. The number of nitrogens with zero attached hydrogens (tertiary/aromatic N) is 4. The molecule has 0 saturated carbocycles. The van der Waals surface area contributed by atoms with E-state index in [0.717, 1.165) is 15.6 Å². The number of carbonyl (C=O) groups excluding carboxylic acids is 2. The summed E-state index contributed by atoms with van der Waals surface area (Å²) in [4.78, 5) is 31.4. The Bertz CT molecular complexity index is 1100. The summed E-state index contributed by atoms with van der Waals surface area (Å²) < 4.78 is 27.9. The molecule has 2 aliphatic rings. The molecule has 1 N–H and O–H groups in total. The number of sulfonamides is 1. The third-order valence-electron chi connectivity index (χ3n) is 5.46. The van der Waals surface area contributed by atoms with E-state index in [1.165, 1.54) is 25.1 Å². The maximum Gasteiger partial charge on any atom is 0.325 e. The van der Waals surface area contributed by atoms with Crippen molar-refractivity contribution >= 4 is 44.8 Å². The van der Waals surface area contributed by atoms with E-state index in [1.807, 2.05) is 11.5 Å². The van der Waals surface area contributed by atoms with E-state index in [4.69, 9.17) is 0 Å². The lowest BCUT2D eigenvalue weighted by Crippen LogP contribution is -2.47. The van der Waals surface area contributed by atoms with Crippen LogP contribution in [0.3, 0.4) is 0 Å². The largest absolute Gasteiger partial charge is 0.327 e. The van der Waals surface area contributed by atoms with Crippen molar-refractivity contribution in [2.45, 2.75) is 36.9 Å². The summed E-state index contributed by atoms with van der Waals surface area (Å²) in [5.74, 6) is 1.77. The molecular weight excluding hydrogens is 414 g/mol. The molecule has 156 valence electrons. The number of rotatable bonds is 5. The van der Waals surface area contributed by atoms with E-state index < -0.39 is 21.6 Å². The smallest absolute Gasteiger partial charge is 0.325 e. The van der Waals surface area contributed by atoms with Crippen molar-refractivity contribution in [2.75, 3.05) is 25.6 Å². The van der Waals surface area contributed by atoms with Crippen LogP contribution in [0.15, 0.2) is 23.1 Å². The van der Waals surface area contributed by atoms with Crippen LogP contribution in [0.4, 0.5) is 4.79 Å². The zero-order valence-corrected chi connectivity index (χ0v) is 18.1. The van der Waals surface area contributed by atoms with Crippen LogP contribution in [0.2, 0.25) is 0 Å². The molecule has 0 bridgehead atoms. The second kappa shape index (κ2) is 6.99. The minimum atomic E-state index is -3.58. The Morgan fingerprint density at radius 1 is 1.31 bits per heavy atom. The molecule has 1 spiro atoms. The van der Waals surface area contributed by atoms with Gasteiger partial charge < -0.3 is 9.88 Å². The minimum Gasteiger partial charge on any atom is -0.327 e. The molecule has 1 aromatic heterocycles. The molecule has 2 aliphatic heterocycles. The van der Waals surface area contributed by atoms with Gasteiger partial charge in [0.1, 0.15) is 11.4 Å². The molecule has 11 heteroatoms. The average molecular weight is 438 g/mol. The Kier molecular flexibility index (Phi) is 4.87. The van der Waals surface area contributed by atoms with Crippen molar-refractivity contribution in [3.8, 4) is 0 Å². The first-order valence-corrected chi connectivity index (χ1v) is 11.9. The summed E-state index contributed by atoms with van der Waals surface area (Å²) in [5.41, 5.74) is 0.485. The number of aromatic nitrogens is 2. The molecule has 2 fully saturated rings. The van der Waals surface area contributed by atoms with E-state index in [2.05, 4.69) is 10.3 Å². The molecule has 0 radical (unpaired) electrons. The third kappa shape index (κ3) is 3.11. The van der Waals surface area contributed by atoms with Gasteiger partial charge in [0, 0.05) is 26.4 Å². The van der Waals surface area contributed by atoms with E-state index in [0.29, 0.717) is 30.1 Å². The standard InChI is InChI=1S/C18H23N5O4S2/c1-4-22-14-6-5-12(29(26,27)21(2)3)9-13(14)19-15(22)10-23-16(24)18(20-17(23)25)7-8-28-11-18/h5-6,9H,4,7-8,10-11H2,1-3H3,(H,20,25). The Hall–Kier alpha value is -2.11. The number of nitrogens with one attached hydrogen (secondary N) is 1. The molecule has 3 heterocycles. The van der Waals surface area contributed by atoms with Gasteiger partial charge >= 0.3 is 6.03 Å². The SMILES string of the molecule is CCn1c(CN2C(=O)NC3(CCSC3)C2=O)nc2cc(S(=O)(=O)N(C)C)ccc21. The van der Waals surface area contributed by atoms with Crippen molar-refractivity contribution < 1.29 is 18.0 Å². The summed E-state index contributed by atoms with van der Waals surface area (Å²) in [7, 11) is -0.628. The van der Waals surface area contributed by atoms with E-state index in [9.17, 15) is 18.0 Å². The van der Waals surface area contributed by atoms with Crippen LogP contribution in [0.1, 0.15) is 19.2 Å². The Balaban J connectivity index is 1.71. The number of hydrogen-bond donors (Lipinski definition) is 1. The fraction of sp³-hybridized carbons (Fsp3) is 0.500. The van der Waals surface area contributed by atoms with Crippen molar-refractivity contribution in [3.05, 3.63) is 24.0 Å². The molecule has 9 nitrogen and oxygen atoms in total. The van der Waals surface area contributed by atoms with Gasteiger partial charge in [-0.3, -0.25) is 9.69 Å². The number of benzene rings is 1. The first-order valence-electron chi connectivity index (χ1n) is 9.33. The first kappa shape index (κ1) is 20.2. The Labute approximate surface area is 173 Å². The average Bonchev–Trinajstić information content (AvgIpc) is 3.34. The quantitative estimate of drug-likeness (QED) is 0.706. The van der Waals surface area contributed by atoms with Gasteiger partial charge in [0.2, 0.25) is 10.0 Å². The van der Waals surface area contributed by atoms with Crippen molar-refractivity contribution in [2.24, 2.45) is 0 Å². The number of fused-ring (bicyclic) bond motifs is 1. The number of amides is 3. The van der Waals surface area contributed by atoms with Gasteiger partial charge in [0.15, 0.2) is 0 Å². The topological polar surface area (TPSA) is 105 Å². The van der Waals surface area contributed by atoms with Gasteiger partial charge in [-0.15, -0.1) is 0 Å². The number of hydrogen-bond acceptors (Lipinski definition) is 6. The summed E-state index contributed by atoms with van der Waals surface area (Å²) in [6, 6.07) is 4.39. The number of imidazole rings is 1. The maximum atomic E-state index is 12.9. The Morgan fingerprint density at radius 3 is 2.69 bits per heavy atom. The predicted molar refractivity (Wildman–Crippen MR) is 110 cm³/mol. The molecule has 1 aromatic carbocycles. The van der Waals surface area contributed by atoms with Gasteiger partial charge in [-0.25, -0.2) is 22.5 Å². The second-order valence-corrected chi connectivity index (χ2v) is 10.7. The maximum absolute atomic E-state index is 12.9. The van der Waals surface area contributed by atoms with E-state index in [-0.39, 0.29) is 17.3 Å². The van der Waals surface area contributed by atoms with Crippen LogP contribution < -0.4 is 5.32 Å². The van der Waals surface area contributed by atoms with Crippen molar-refractivity contribution in [1.82, 2.24) is 24.1 Å². The molecule has 2 aromatic rings. The van der Waals surface area contributed by atoms with Gasteiger partial charge in [0.05, 0.1) is 22.5 Å². The monoisotopic (exact) mass is 437 g/mol. The third-order valence-corrected chi connectivity index (χ3v) is 8.46. The van der Waals surface area contributed by atoms with E-state index in [1.54, 1.807) is 23.9 Å². The minimum absolute atomic E-state index is 0.0510. The van der Waals surface area contributed by atoms with Gasteiger partial charge in [-0.1, -0.05) is 0 Å². The van der Waals surface area contributed by atoms with Crippen LogP contribution in [-0.2, 0) is 27.9 Å². The summed E-state index contributed by atoms with van der Waals surface area (Å²) in [6.07, 6.45) is 0.634. The lowest BCUT2D eigenvalue weighted by Gasteiger charge is -2.19. The predicted octanol–water partition coefficient (Wildman–Crippen LogP) is 1.23. The highest BCUT2D eigenvalue weighted by Gasteiger charge is 2.53. The number of urea groups is 1. The number of aryl methyl sites for hydroxylation is 1. The van der Waals surface area contributed by atoms with Crippen LogP contribution >= 0.6 is 11.8 Å². The molecule has 0 aliphatic carbocycles. The number of imide groups is 1. The van der Waals surface area contributed by atoms with Gasteiger partial charge in [-0.05, 0) is 37.3 Å². The summed E-state index contributed by atoms with van der Waals surface area (Å²) in [5, 5.41) is 2.86. The van der Waals surface area contributed by atoms with Crippen molar-refractivity contribution in [1.29, 1.82) is 0 Å². The highest BCUT2D eigenvalue weighted by Crippen LogP contribution is 2.34. The molecule has 1 unspecified atom stereocenters. The van der Waals surface area contributed by atoms with Gasteiger partial charge in [0.25, 0.3) is 5.91 Å². The molecular formula is C18H23N5O4S2. The van der Waals surface area contributed by atoms with Crippen LogP contribution in [0, 0.1) is 0 Å². The molecule has 2 saturated heterocycles. The number of carbonyl (C=O) groups is 2. The van der Waals surface area contributed by atoms with Gasteiger partial charge in [-0.2, -0.15) is 11.8 Å². The molecule has 29 heavy (non-hydrogen) atoms. The molecule has 3 amide bonds. The normalized spacial score (nSPS) is 22.4. The first-order chi connectivity index (χ1) is 13.7. The molecule has 1 atom stereocenters. The Morgan fingerprint density at radius 2 is 2.07 bits per heavy atom. The zero-order chi connectivity index (χ0) is 21.0. The molecule has 4 rings (SSSR count). The van der Waals surface area contributed by atoms with Crippen LogP contribution in [-0.4, -0.2) is 70.3 Å². The number of thioether (sulfide) groups is 1. The highest BCUT2D eigenvalue weighted by molar-refractivity contribution is 7.99. The van der Waals surface area contributed by atoms with Crippen LogP contribution in [0.25, 0.3) is 11.0 Å². The van der Waals surface area contributed by atoms with E-state index >= 15 is 0 Å². The zero-order valence-electron chi connectivity index (χ0n) is 16.5.